The van der Waals surface area contributed by atoms with Crippen LogP contribution >= 0.6 is 0 Å². The minimum absolute atomic E-state index is 0.0380. The third kappa shape index (κ3) is 1.94. The van der Waals surface area contributed by atoms with Crippen LogP contribution in [0.4, 0.5) is 0 Å². The van der Waals surface area contributed by atoms with Crippen molar-refractivity contribution in [1.29, 1.82) is 0 Å². The van der Waals surface area contributed by atoms with Crippen LogP contribution in [0.25, 0.3) is 0 Å². The number of benzene rings is 1. The molecule has 0 amide bonds. The molecule has 0 radical (unpaired) electrons. The van der Waals surface area contributed by atoms with Crippen molar-refractivity contribution < 1.29 is 14.6 Å². The first kappa shape index (κ1) is 10.7. The SMILES string of the molecule is CCCc1cccc2c1OC(C(=O)O)=CC2. The predicted molar refractivity (Wildman–Crippen MR) is 60.5 cm³/mol. The number of aryl methyl sites for hydroxylation is 1. The van der Waals surface area contributed by atoms with Crippen LogP contribution in [0.3, 0.4) is 0 Å². The number of hydrogen-bond donors (Lipinski definition) is 1. The van der Waals surface area contributed by atoms with Crippen LogP contribution in [0.5, 0.6) is 5.75 Å². The fraction of sp³-hybridized carbons (Fsp3) is 0.308. The zero-order valence-electron chi connectivity index (χ0n) is 9.19. The van der Waals surface area contributed by atoms with Crippen molar-refractivity contribution in [2.75, 3.05) is 0 Å². The maximum Gasteiger partial charge on any atom is 0.371 e. The summed E-state index contributed by atoms with van der Waals surface area (Å²) in [7, 11) is 0. The van der Waals surface area contributed by atoms with Crippen molar-refractivity contribution >= 4 is 5.97 Å². The van der Waals surface area contributed by atoms with Gasteiger partial charge in [0.15, 0.2) is 0 Å². The Bertz CT molecular complexity index is 446. The Morgan fingerprint density at radius 3 is 3.00 bits per heavy atom. The minimum atomic E-state index is -1.00. The van der Waals surface area contributed by atoms with E-state index < -0.39 is 5.97 Å². The van der Waals surface area contributed by atoms with Gasteiger partial charge in [-0.15, -0.1) is 0 Å². The summed E-state index contributed by atoms with van der Waals surface area (Å²) in [6.45, 7) is 2.09. The van der Waals surface area contributed by atoms with E-state index in [1.165, 1.54) is 0 Å². The summed E-state index contributed by atoms with van der Waals surface area (Å²) in [5.74, 6) is -0.225. The average molecular weight is 218 g/mol. The standard InChI is InChI=1S/C13H14O3/c1-2-4-9-5-3-6-10-7-8-11(13(14)15)16-12(9)10/h3,5-6,8H,2,4,7H2,1H3,(H,14,15). The van der Waals surface area contributed by atoms with Crippen LogP contribution in [-0.2, 0) is 17.6 Å². The molecule has 0 saturated heterocycles. The molecule has 1 aliphatic rings. The van der Waals surface area contributed by atoms with Crippen LogP contribution in [0, 0.1) is 0 Å². The Hall–Kier alpha value is -1.77. The Balaban J connectivity index is 2.35. The molecule has 0 unspecified atom stereocenters. The zero-order chi connectivity index (χ0) is 11.5. The lowest BCUT2D eigenvalue weighted by Gasteiger charge is -2.18. The molecule has 0 bridgehead atoms. The maximum absolute atomic E-state index is 10.8. The molecule has 84 valence electrons. The molecule has 3 heteroatoms. The Labute approximate surface area is 94.4 Å². The van der Waals surface area contributed by atoms with Gasteiger partial charge in [-0.05, 0) is 30.0 Å². The van der Waals surface area contributed by atoms with Crippen LogP contribution in [-0.4, -0.2) is 11.1 Å². The maximum atomic E-state index is 10.8. The summed E-state index contributed by atoms with van der Waals surface area (Å²) in [4.78, 5) is 10.8. The van der Waals surface area contributed by atoms with E-state index in [9.17, 15) is 4.79 Å². The van der Waals surface area contributed by atoms with Crippen molar-refractivity contribution in [3.8, 4) is 5.75 Å². The van der Waals surface area contributed by atoms with Crippen molar-refractivity contribution in [3.05, 3.63) is 41.2 Å². The summed E-state index contributed by atoms with van der Waals surface area (Å²) in [6, 6.07) is 5.96. The van der Waals surface area contributed by atoms with E-state index in [1.807, 2.05) is 18.2 Å². The van der Waals surface area contributed by atoms with E-state index in [0.29, 0.717) is 6.42 Å². The quantitative estimate of drug-likeness (QED) is 0.848. The zero-order valence-corrected chi connectivity index (χ0v) is 9.19. The number of carbonyl (C=O) groups is 1. The van der Waals surface area contributed by atoms with Gasteiger partial charge in [0.05, 0.1) is 0 Å². The van der Waals surface area contributed by atoms with Crippen molar-refractivity contribution in [2.24, 2.45) is 0 Å². The summed E-state index contributed by atoms with van der Waals surface area (Å²) >= 11 is 0. The number of carboxylic acids is 1. The van der Waals surface area contributed by atoms with Gasteiger partial charge in [-0.3, -0.25) is 0 Å². The normalized spacial score (nSPS) is 13.7. The second-order valence-electron chi connectivity index (χ2n) is 3.84. The highest BCUT2D eigenvalue weighted by atomic mass is 16.5. The highest BCUT2D eigenvalue weighted by Crippen LogP contribution is 2.31. The molecule has 16 heavy (non-hydrogen) atoms. The van der Waals surface area contributed by atoms with Gasteiger partial charge in [-0.25, -0.2) is 4.79 Å². The van der Waals surface area contributed by atoms with Gasteiger partial charge in [0, 0.05) is 0 Å². The molecule has 0 atom stereocenters. The fourth-order valence-electron chi connectivity index (χ4n) is 1.88. The third-order valence-corrected chi connectivity index (χ3v) is 2.63. The fourth-order valence-corrected chi connectivity index (χ4v) is 1.88. The Morgan fingerprint density at radius 2 is 2.31 bits per heavy atom. The Morgan fingerprint density at radius 1 is 1.50 bits per heavy atom. The van der Waals surface area contributed by atoms with Crippen LogP contribution in [0.2, 0.25) is 0 Å². The summed E-state index contributed by atoms with van der Waals surface area (Å²) in [5, 5.41) is 8.89. The molecule has 1 aromatic carbocycles. The van der Waals surface area contributed by atoms with E-state index in [2.05, 4.69) is 6.92 Å². The van der Waals surface area contributed by atoms with Crippen molar-refractivity contribution in [2.45, 2.75) is 26.2 Å². The molecule has 1 aromatic rings. The van der Waals surface area contributed by atoms with E-state index in [4.69, 9.17) is 9.84 Å². The van der Waals surface area contributed by atoms with Crippen LogP contribution in [0.1, 0.15) is 24.5 Å². The van der Waals surface area contributed by atoms with Crippen molar-refractivity contribution in [3.63, 3.8) is 0 Å². The monoisotopic (exact) mass is 218 g/mol. The summed E-state index contributed by atoms with van der Waals surface area (Å²) in [5.41, 5.74) is 2.16. The Kier molecular flexibility index (Phi) is 2.95. The molecular weight excluding hydrogens is 204 g/mol. The van der Waals surface area contributed by atoms with Crippen molar-refractivity contribution in [1.82, 2.24) is 0 Å². The van der Waals surface area contributed by atoms with Crippen LogP contribution in [0.15, 0.2) is 30.0 Å². The number of fused-ring (bicyclic) bond motifs is 1. The molecule has 1 heterocycles. The third-order valence-electron chi connectivity index (χ3n) is 2.63. The van der Waals surface area contributed by atoms with E-state index in [0.717, 1.165) is 29.7 Å². The van der Waals surface area contributed by atoms with Gasteiger partial charge in [0.2, 0.25) is 5.76 Å². The number of hydrogen-bond acceptors (Lipinski definition) is 2. The van der Waals surface area contributed by atoms with E-state index in [1.54, 1.807) is 6.08 Å². The molecule has 1 N–H and O–H groups in total. The lowest BCUT2D eigenvalue weighted by Crippen LogP contribution is -2.14. The van der Waals surface area contributed by atoms with Gasteiger partial charge < -0.3 is 9.84 Å². The minimum Gasteiger partial charge on any atom is -0.475 e. The first-order valence-electron chi connectivity index (χ1n) is 5.44. The molecule has 3 nitrogen and oxygen atoms in total. The lowest BCUT2D eigenvalue weighted by atomic mass is 10.0. The second kappa shape index (κ2) is 4.39. The largest absolute Gasteiger partial charge is 0.475 e. The molecule has 0 aromatic heterocycles. The van der Waals surface area contributed by atoms with E-state index in [-0.39, 0.29) is 5.76 Å². The predicted octanol–water partition coefficient (Wildman–Crippen LogP) is 2.54. The van der Waals surface area contributed by atoms with E-state index >= 15 is 0 Å². The van der Waals surface area contributed by atoms with Gasteiger partial charge in [-0.2, -0.15) is 0 Å². The first-order chi connectivity index (χ1) is 7.72. The number of para-hydroxylation sites is 1. The molecule has 0 saturated carbocycles. The van der Waals surface area contributed by atoms with Gasteiger partial charge in [-0.1, -0.05) is 31.5 Å². The molecule has 2 rings (SSSR count). The molecular formula is C13H14O3. The van der Waals surface area contributed by atoms with Gasteiger partial charge >= 0.3 is 5.97 Å². The number of aliphatic carboxylic acids is 1. The number of allylic oxidation sites excluding steroid dienone is 1. The molecule has 1 aliphatic heterocycles. The topological polar surface area (TPSA) is 46.5 Å². The van der Waals surface area contributed by atoms with Gasteiger partial charge in [0.25, 0.3) is 0 Å². The summed E-state index contributed by atoms with van der Waals surface area (Å²) in [6.07, 6.45) is 4.18. The number of ether oxygens (including phenoxy) is 1. The molecule has 0 aliphatic carbocycles. The smallest absolute Gasteiger partial charge is 0.371 e. The van der Waals surface area contributed by atoms with Crippen LogP contribution < -0.4 is 4.74 Å². The average Bonchev–Trinajstić information content (AvgIpc) is 2.29. The highest BCUT2D eigenvalue weighted by molar-refractivity contribution is 5.85. The highest BCUT2D eigenvalue weighted by Gasteiger charge is 2.19. The first-order valence-corrected chi connectivity index (χ1v) is 5.44. The second-order valence-corrected chi connectivity index (χ2v) is 3.84. The number of rotatable bonds is 3. The van der Waals surface area contributed by atoms with Gasteiger partial charge in [0.1, 0.15) is 5.75 Å². The molecule has 0 fully saturated rings. The lowest BCUT2D eigenvalue weighted by molar-refractivity contribution is -0.135. The summed E-state index contributed by atoms with van der Waals surface area (Å²) < 4.78 is 5.44. The molecule has 0 spiro atoms. The number of carboxylic acid groups (broad SMARTS) is 1.